The lowest BCUT2D eigenvalue weighted by molar-refractivity contribution is 0.0520. The van der Waals surface area contributed by atoms with Crippen LogP contribution in [-0.2, 0) is 4.74 Å². The molecule has 2 heterocycles. The van der Waals surface area contributed by atoms with Crippen molar-refractivity contribution in [1.29, 1.82) is 0 Å². The number of hydrogen-bond acceptors (Lipinski definition) is 4. The number of nitrogens with zero attached hydrogens (tertiary/aromatic N) is 3. The zero-order chi connectivity index (χ0) is 12.4. The van der Waals surface area contributed by atoms with Gasteiger partial charge < -0.3 is 9.14 Å². The van der Waals surface area contributed by atoms with Gasteiger partial charge in [0.25, 0.3) is 6.43 Å². The van der Waals surface area contributed by atoms with Gasteiger partial charge in [-0.15, -0.1) is 0 Å². The second kappa shape index (κ2) is 4.44. The van der Waals surface area contributed by atoms with Gasteiger partial charge in [-0.05, 0) is 6.92 Å². The minimum atomic E-state index is -2.66. The molecule has 0 unspecified atom stereocenters. The third-order valence-corrected chi connectivity index (χ3v) is 2.07. The van der Waals surface area contributed by atoms with E-state index in [0.717, 1.165) is 6.20 Å². The van der Waals surface area contributed by atoms with E-state index in [1.54, 1.807) is 6.92 Å². The van der Waals surface area contributed by atoms with E-state index in [1.807, 2.05) is 0 Å². The molecule has 0 N–H and O–H groups in total. The number of carbonyl (C=O) groups is 1. The summed E-state index contributed by atoms with van der Waals surface area (Å²) in [6.07, 6.45) is 0.994. The van der Waals surface area contributed by atoms with Crippen molar-refractivity contribution >= 4 is 11.6 Å². The first-order valence-corrected chi connectivity index (χ1v) is 4.91. The maximum Gasteiger partial charge on any atom is 0.358 e. The monoisotopic (exact) mass is 241 g/mol. The number of alkyl halides is 2. The predicted molar refractivity (Wildman–Crippen MR) is 53.9 cm³/mol. The van der Waals surface area contributed by atoms with Gasteiger partial charge in [0.2, 0.25) is 0 Å². The maximum atomic E-state index is 12.4. The van der Waals surface area contributed by atoms with E-state index >= 15 is 0 Å². The molecule has 0 bridgehead atoms. The highest BCUT2D eigenvalue weighted by Gasteiger charge is 2.14. The molecule has 2 aromatic heterocycles. The zero-order valence-corrected chi connectivity index (χ0v) is 8.93. The van der Waals surface area contributed by atoms with Crippen molar-refractivity contribution in [1.82, 2.24) is 14.4 Å². The van der Waals surface area contributed by atoms with Crippen LogP contribution in [0, 0.1) is 0 Å². The fourth-order valence-electron chi connectivity index (χ4n) is 1.33. The van der Waals surface area contributed by atoms with Crippen molar-refractivity contribution in [2.24, 2.45) is 0 Å². The Bertz CT molecular complexity index is 553. The summed E-state index contributed by atoms with van der Waals surface area (Å²) in [6.45, 7) is 1.90. The Hall–Kier alpha value is -2.05. The van der Waals surface area contributed by atoms with E-state index < -0.39 is 12.4 Å². The smallest absolute Gasteiger partial charge is 0.358 e. The molecule has 0 fully saturated rings. The molecular formula is C10H9F2N3O2. The lowest BCUT2D eigenvalue weighted by atomic mass is 10.4. The summed E-state index contributed by atoms with van der Waals surface area (Å²) in [4.78, 5) is 18.8. The Labute approximate surface area is 95.1 Å². The third-order valence-electron chi connectivity index (χ3n) is 2.07. The van der Waals surface area contributed by atoms with Gasteiger partial charge in [0, 0.05) is 12.4 Å². The van der Waals surface area contributed by atoms with Crippen LogP contribution in [-0.4, -0.2) is 26.9 Å². The average molecular weight is 241 g/mol. The van der Waals surface area contributed by atoms with E-state index in [1.165, 1.54) is 16.8 Å². The molecule has 0 spiro atoms. The van der Waals surface area contributed by atoms with E-state index in [0.29, 0.717) is 5.65 Å². The first-order chi connectivity index (χ1) is 8.11. The number of rotatable bonds is 3. The van der Waals surface area contributed by atoms with E-state index in [9.17, 15) is 13.6 Å². The van der Waals surface area contributed by atoms with Crippen LogP contribution in [0.1, 0.15) is 29.5 Å². The van der Waals surface area contributed by atoms with Crippen molar-refractivity contribution in [2.45, 2.75) is 13.3 Å². The van der Waals surface area contributed by atoms with Crippen LogP contribution in [0.25, 0.3) is 5.65 Å². The first kappa shape index (κ1) is 11.4. The second-order valence-electron chi connectivity index (χ2n) is 3.22. The highest BCUT2D eigenvalue weighted by Crippen LogP contribution is 2.16. The van der Waals surface area contributed by atoms with E-state index in [2.05, 4.69) is 9.97 Å². The number of esters is 1. The standard InChI is InChI=1S/C10H9F2N3O2/c1-2-17-10(16)7-5-15-4-6(9(11)12)13-3-8(15)14-7/h3-5,9H,2H2,1H3. The fraction of sp³-hybridized carbons (Fsp3) is 0.300. The van der Waals surface area contributed by atoms with Gasteiger partial charge in [0.05, 0.1) is 12.8 Å². The third kappa shape index (κ3) is 2.22. The van der Waals surface area contributed by atoms with Crippen LogP contribution in [0.2, 0.25) is 0 Å². The largest absolute Gasteiger partial charge is 0.461 e. The highest BCUT2D eigenvalue weighted by molar-refractivity contribution is 5.87. The van der Waals surface area contributed by atoms with Crippen LogP contribution in [0.5, 0.6) is 0 Å². The topological polar surface area (TPSA) is 56.5 Å². The molecule has 2 aromatic rings. The molecule has 0 saturated heterocycles. The number of fused-ring (bicyclic) bond motifs is 1. The molecular weight excluding hydrogens is 232 g/mol. The van der Waals surface area contributed by atoms with Crippen molar-refractivity contribution < 1.29 is 18.3 Å². The summed E-state index contributed by atoms with van der Waals surface area (Å²) in [5.74, 6) is -0.588. The SMILES string of the molecule is CCOC(=O)c1cn2cc(C(F)F)ncc2n1. The number of halogens is 2. The summed E-state index contributed by atoms with van der Waals surface area (Å²) in [7, 11) is 0. The van der Waals surface area contributed by atoms with Crippen molar-refractivity contribution in [3.05, 3.63) is 30.0 Å². The Morgan fingerprint density at radius 3 is 2.94 bits per heavy atom. The van der Waals surface area contributed by atoms with Crippen LogP contribution in [0.3, 0.4) is 0 Å². The Morgan fingerprint density at radius 2 is 2.29 bits per heavy atom. The number of carbonyl (C=O) groups excluding carboxylic acids is 1. The molecule has 0 aromatic carbocycles. The molecule has 0 saturated carbocycles. The Kier molecular flexibility index (Phi) is 2.99. The van der Waals surface area contributed by atoms with Gasteiger partial charge in [-0.3, -0.25) is 0 Å². The second-order valence-corrected chi connectivity index (χ2v) is 3.22. The lowest BCUT2D eigenvalue weighted by Gasteiger charge is -1.98. The number of ether oxygens (including phenoxy) is 1. The molecule has 90 valence electrons. The van der Waals surface area contributed by atoms with Gasteiger partial charge in [-0.25, -0.2) is 23.5 Å². The van der Waals surface area contributed by atoms with Crippen molar-refractivity contribution in [3.8, 4) is 0 Å². The minimum Gasteiger partial charge on any atom is -0.461 e. The molecule has 0 atom stereocenters. The summed E-state index contributed by atoms with van der Waals surface area (Å²) in [6, 6.07) is 0. The van der Waals surface area contributed by atoms with Crippen molar-refractivity contribution in [3.63, 3.8) is 0 Å². The predicted octanol–water partition coefficient (Wildman–Crippen LogP) is 1.84. The van der Waals surface area contributed by atoms with Crippen LogP contribution >= 0.6 is 0 Å². The van der Waals surface area contributed by atoms with Gasteiger partial charge in [0.15, 0.2) is 11.3 Å². The highest BCUT2D eigenvalue weighted by atomic mass is 19.3. The normalized spacial score (nSPS) is 11.1. The Balaban J connectivity index is 2.40. The number of imidazole rings is 1. The van der Waals surface area contributed by atoms with Crippen LogP contribution in [0.15, 0.2) is 18.6 Å². The van der Waals surface area contributed by atoms with Gasteiger partial charge in [0.1, 0.15) is 5.69 Å². The maximum absolute atomic E-state index is 12.4. The molecule has 0 aliphatic heterocycles. The average Bonchev–Trinajstić information content (AvgIpc) is 2.71. The molecule has 0 aliphatic rings. The summed E-state index contributed by atoms with van der Waals surface area (Å²) >= 11 is 0. The molecule has 2 rings (SSSR count). The zero-order valence-electron chi connectivity index (χ0n) is 8.93. The minimum absolute atomic E-state index is 0.0695. The molecule has 7 heteroatoms. The Morgan fingerprint density at radius 1 is 1.53 bits per heavy atom. The number of hydrogen-bond donors (Lipinski definition) is 0. The van der Waals surface area contributed by atoms with Crippen molar-refractivity contribution in [2.75, 3.05) is 6.61 Å². The lowest BCUT2D eigenvalue weighted by Crippen LogP contribution is -2.04. The molecule has 5 nitrogen and oxygen atoms in total. The van der Waals surface area contributed by atoms with Gasteiger partial charge >= 0.3 is 5.97 Å². The van der Waals surface area contributed by atoms with Crippen LogP contribution in [0.4, 0.5) is 8.78 Å². The summed E-state index contributed by atoms with van der Waals surface area (Å²) in [5, 5.41) is 0. The molecule has 17 heavy (non-hydrogen) atoms. The summed E-state index contributed by atoms with van der Waals surface area (Å²) in [5.41, 5.74) is 0.0165. The van der Waals surface area contributed by atoms with E-state index in [4.69, 9.17) is 4.74 Å². The van der Waals surface area contributed by atoms with Gasteiger partial charge in [-0.1, -0.05) is 0 Å². The van der Waals surface area contributed by atoms with Crippen LogP contribution < -0.4 is 0 Å². The summed E-state index contributed by atoms with van der Waals surface area (Å²) < 4.78 is 30.9. The van der Waals surface area contributed by atoms with E-state index in [-0.39, 0.29) is 18.0 Å². The first-order valence-electron chi connectivity index (χ1n) is 4.91. The molecule has 0 aliphatic carbocycles. The number of aromatic nitrogens is 3. The quantitative estimate of drug-likeness (QED) is 0.769. The van der Waals surface area contributed by atoms with Gasteiger partial charge in [-0.2, -0.15) is 0 Å². The fourth-order valence-corrected chi connectivity index (χ4v) is 1.33. The molecule has 0 amide bonds. The molecule has 0 radical (unpaired) electrons.